The quantitative estimate of drug-likeness (QED) is 0.494. The first-order valence-electron chi connectivity index (χ1n) is 4.64. The number of rotatable bonds is 2. The van der Waals surface area contributed by atoms with Crippen LogP contribution < -0.4 is 0 Å². The van der Waals surface area contributed by atoms with Crippen molar-refractivity contribution in [3.05, 3.63) is 0 Å². The van der Waals surface area contributed by atoms with Crippen molar-refractivity contribution in [2.24, 2.45) is 0 Å². The third kappa shape index (κ3) is 4.11. The monoisotopic (exact) mass is 220 g/mol. The SMILES string of the molecule is C[Si](C)(C)[Si](C)(C)C=P(C)(C)C. The van der Waals surface area contributed by atoms with E-state index in [1.54, 1.807) is 0 Å². The van der Waals surface area contributed by atoms with Crippen LogP contribution >= 0.6 is 6.89 Å². The lowest BCUT2D eigenvalue weighted by Gasteiger charge is -2.34. The molecule has 0 aliphatic rings. The van der Waals surface area contributed by atoms with Gasteiger partial charge in [-0.2, -0.15) is 0 Å². The molecule has 0 aromatic rings. The standard InChI is InChI=1S/C9H25PSi2/c1-10(2,3)9-12(7,8)11(4,5)6/h9H,1-8H3. The molecule has 0 amide bonds. The van der Waals surface area contributed by atoms with Gasteiger partial charge in [0.1, 0.15) is 0 Å². The van der Waals surface area contributed by atoms with Gasteiger partial charge in [0, 0.05) is 7.59 Å². The zero-order valence-electron chi connectivity index (χ0n) is 10.0. The Bertz CT molecular complexity index is 197. The van der Waals surface area contributed by atoms with Crippen LogP contribution in [0.3, 0.4) is 0 Å². The van der Waals surface area contributed by atoms with E-state index in [0.717, 1.165) is 0 Å². The van der Waals surface area contributed by atoms with Gasteiger partial charge in [-0.05, 0) is 20.0 Å². The van der Waals surface area contributed by atoms with Gasteiger partial charge in [0.2, 0.25) is 0 Å². The summed E-state index contributed by atoms with van der Waals surface area (Å²) in [7, 11) is -1.86. The summed E-state index contributed by atoms with van der Waals surface area (Å²) in [6.07, 6.45) is 0. The van der Waals surface area contributed by atoms with Crippen LogP contribution in [-0.4, -0.2) is 40.6 Å². The van der Waals surface area contributed by atoms with E-state index in [-0.39, 0.29) is 0 Å². The maximum absolute atomic E-state index is 2.77. The molecule has 0 N–H and O–H groups in total. The molecule has 0 bridgehead atoms. The molecule has 0 heterocycles. The molecule has 0 radical (unpaired) electrons. The lowest BCUT2D eigenvalue weighted by atomic mass is 11.8. The Morgan fingerprint density at radius 2 is 1.17 bits per heavy atom. The molecule has 0 aromatic carbocycles. The molecular formula is C9H25PSi2. The second-order valence-electron chi connectivity index (χ2n) is 6.22. The number of hydrogen-bond donors (Lipinski definition) is 0. The van der Waals surface area contributed by atoms with Crippen LogP contribution in [0.25, 0.3) is 0 Å². The molecule has 0 aliphatic heterocycles. The Hall–Kier alpha value is 0.734. The maximum Gasteiger partial charge on any atom is 0.0646 e. The van der Waals surface area contributed by atoms with E-state index in [9.17, 15) is 0 Å². The van der Waals surface area contributed by atoms with Crippen LogP contribution in [0.1, 0.15) is 0 Å². The summed E-state index contributed by atoms with van der Waals surface area (Å²) in [5, 5.41) is 0. The Kier molecular flexibility index (Phi) is 3.68. The van der Waals surface area contributed by atoms with Gasteiger partial charge in [-0.25, -0.2) is 0 Å². The molecule has 3 heteroatoms. The van der Waals surface area contributed by atoms with E-state index >= 15 is 0 Å². The average molecular weight is 220 g/mol. The summed E-state index contributed by atoms with van der Waals surface area (Å²) in [5.41, 5.74) is 2.77. The Morgan fingerprint density at radius 3 is 1.25 bits per heavy atom. The Morgan fingerprint density at radius 1 is 0.833 bits per heavy atom. The van der Waals surface area contributed by atoms with E-state index in [4.69, 9.17) is 0 Å². The second kappa shape index (κ2) is 3.47. The Balaban J connectivity index is 4.91. The van der Waals surface area contributed by atoms with E-state index in [1.165, 1.54) is 0 Å². The van der Waals surface area contributed by atoms with Crippen molar-refractivity contribution in [1.82, 2.24) is 0 Å². The third-order valence-electron chi connectivity index (χ3n) is 2.64. The highest BCUT2D eigenvalue weighted by molar-refractivity contribution is 7.80. The van der Waals surface area contributed by atoms with Crippen molar-refractivity contribution in [2.75, 3.05) is 20.0 Å². The molecule has 0 saturated heterocycles. The maximum atomic E-state index is 2.77. The predicted molar refractivity (Wildman–Crippen MR) is 71.6 cm³/mol. The topological polar surface area (TPSA) is 0 Å². The van der Waals surface area contributed by atoms with Crippen molar-refractivity contribution in [2.45, 2.75) is 32.7 Å². The zero-order chi connectivity index (χ0) is 10.2. The van der Waals surface area contributed by atoms with E-state index in [2.05, 4.69) is 58.1 Å². The first-order chi connectivity index (χ1) is 4.96. The number of hydrogen-bond acceptors (Lipinski definition) is 0. The van der Waals surface area contributed by atoms with Gasteiger partial charge in [0.15, 0.2) is 0 Å². The fourth-order valence-corrected chi connectivity index (χ4v) is 17.4. The highest BCUT2D eigenvalue weighted by atomic mass is 31.2. The van der Waals surface area contributed by atoms with Gasteiger partial charge in [-0.15, -0.1) is 6.89 Å². The molecule has 0 fully saturated rings. The summed E-state index contributed by atoms with van der Waals surface area (Å²) in [6.45, 7) is 19.3. The normalized spacial score (nSPS) is 14.7. The summed E-state index contributed by atoms with van der Waals surface area (Å²) in [5.74, 6) is 0. The molecule has 0 atom stereocenters. The van der Waals surface area contributed by atoms with Crippen LogP contribution in [-0.2, 0) is 0 Å². The molecule has 0 spiro atoms. The van der Waals surface area contributed by atoms with Crippen LogP contribution in [0, 0.1) is 0 Å². The van der Waals surface area contributed by atoms with Gasteiger partial charge in [-0.3, -0.25) is 0 Å². The third-order valence-corrected chi connectivity index (χ3v) is 24.9. The minimum absolute atomic E-state index is 0.662. The minimum Gasteiger partial charge on any atom is -0.122 e. The van der Waals surface area contributed by atoms with Crippen LogP contribution in [0.5, 0.6) is 0 Å². The van der Waals surface area contributed by atoms with Gasteiger partial charge < -0.3 is 0 Å². The van der Waals surface area contributed by atoms with E-state index in [1.807, 2.05) is 0 Å². The fourth-order valence-electron chi connectivity index (χ4n) is 1.16. The zero-order valence-corrected chi connectivity index (χ0v) is 12.9. The average Bonchev–Trinajstić information content (AvgIpc) is 1.52. The molecule has 0 aliphatic carbocycles. The van der Waals surface area contributed by atoms with Crippen LogP contribution in [0.4, 0.5) is 0 Å². The second-order valence-corrected chi connectivity index (χ2v) is 27.8. The van der Waals surface area contributed by atoms with Gasteiger partial charge >= 0.3 is 0 Å². The highest BCUT2D eigenvalue weighted by Crippen LogP contribution is 2.35. The highest BCUT2D eigenvalue weighted by Gasteiger charge is 2.34. The van der Waals surface area contributed by atoms with E-state index in [0.29, 0.717) is 0 Å². The molecule has 0 rings (SSSR count). The summed E-state index contributed by atoms with van der Waals surface area (Å²) in [6, 6.07) is 0. The van der Waals surface area contributed by atoms with Gasteiger partial charge in [0.05, 0.1) is 7.59 Å². The van der Waals surface area contributed by atoms with Crippen molar-refractivity contribution in [3.8, 4) is 0 Å². The predicted octanol–water partition coefficient (Wildman–Crippen LogP) is 3.36. The van der Waals surface area contributed by atoms with Crippen molar-refractivity contribution >= 4 is 27.5 Å². The van der Waals surface area contributed by atoms with Crippen molar-refractivity contribution in [1.29, 1.82) is 0 Å². The van der Waals surface area contributed by atoms with Crippen LogP contribution in [0.2, 0.25) is 32.7 Å². The first-order valence-corrected chi connectivity index (χ1v) is 15.4. The Labute approximate surface area is 80.6 Å². The van der Waals surface area contributed by atoms with Crippen molar-refractivity contribution < 1.29 is 0 Å². The molecule has 0 saturated carbocycles. The first kappa shape index (κ1) is 12.7. The molecule has 0 nitrogen and oxygen atoms in total. The van der Waals surface area contributed by atoms with E-state index < -0.39 is 22.1 Å². The van der Waals surface area contributed by atoms with Gasteiger partial charge in [-0.1, -0.05) is 38.2 Å². The molecule has 0 aromatic heterocycles. The smallest absolute Gasteiger partial charge is 0.0646 e. The van der Waals surface area contributed by atoms with Crippen molar-refractivity contribution in [3.63, 3.8) is 0 Å². The molecular weight excluding hydrogens is 195 g/mol. The summed E-state index contributed by atoms with van der Waals surface area (Å²) < 4.78 is 0. The lowest BCUT2D eigenvalue weighted by molar-refractivity contribution is 1.78. The molecule has 12 heavy (non-hydrogen) atoms. The lowest BCUT2D eigenvalue weighted by Crippen LogP contribution is -2.54. The summed E-state index contributed by atoms with van der Waals surface area (Å²) >= 11 is 0. The summed E-state index contributed by atoms with van der Waals surface area (Å²) in [4.78, 5) is 0. The largest absolute Gasteiger partial charge is 0.122 e. The van der Waals surface area contributed by atoms with Crippen LogP contribution in [0.15, 0.2) is 0 Å². The fraction of sp³-hybridized carbons (Fsp3) is 0.889. The molecule has 0 unspecified atom stereocenters. The minimum atomic E-state index is -0.977. The van der Waals surface area contributed by atoms with Gasteiger partial charge in [0.25, 0.3) is 0 Å². The molecule has 74 valence electrons.